The minimum absolute atomic E-state index is 0.105. The summed E-state index contributed by atoms with van der Waals surface area (Å²) in [6, 6.07) is 0. The number of carbonyl (C=O) groups is 4. The number of rotatable bonds is 60. The van der Waals surface area contributed by atoms with E-state index >= 15 is 0 Å². The van der Waals surface area contributed by atoms with Gasteiger partial charge in [0.05, 0.1) is 0 Å². The van der Waals surface area contributed by atoms with Crippen molar-refractivity contribution in [3.05, 3.63) is 0 Å². The molecular weight excluding hydrogens is 1180 g/mol. The summed E-state index contributed by atoms with van der Waals surface area (Å²) in [4.78, 5) is 60.5. The summed E-state index contributed by atoms with van der Waals surface area (Å²) in [6.45, 7) is 23.2. The zero-order valence-corrected chi connectivity index (χ0v) is 62.5. The van der Waals surface area contributed by atoms with Gasteiger partial charge in [0.1, 0.15) is 50.8 Å². The van der Waals surface area contributed by atoms with E-state index in [9.17, 15) is 39.6 Å². The molecule has 4 atom stereocenters. The smallest absolute Gasteiger partial charge is 0.305 e. The number of unbranched alkanes of at least 4 members (excludes halogenated alkanes) is 12. The lowest BCUT2D eigenvalue weighted by Crippen LogP contribution is -2.47. The number of aliphatic hydroxyl groups excluding tert-OH is 4. The number of hydrogen-bond donors (Lipinski definition) is 4. The van der Waals surface area contributed by atoms with Crippen LogP contribution >= 0.6 is 0 Å². The summed E-state index contributed by atoms with van der Waals surface area (Å²) in [7, 11) is 0. The quantitative estimate of drug-likeness (QED) is 0.0254. The van der Waals surface area contributed by atoms with Gasteiger partial charge in [-0.1, -0.05) is 261 Å². The Kier molecular flexibility index (Phi) is 59.8. The van der Waals surface area contributed by atoms with Gasteiger partial charge in [-0.3, -0.25) is 38.8 Å². The molecule has 1 heterocycles. The number of nitrogens with zero attached hydrogens (tertiary/aromatic N) is 4. The van der Waals surface area contributed by atoms with Crippen molar-refractivity contribution in [3.8, 4) is 0 Å². The van der Waals surface area contributed by atoms with Gasteiger partial charge in [0.15, 0.2) is 0 Å². The third kappa shape index (κ3) is 52.6. The third-order valence-corrected chi connectivity index (χ3v) is 19.5. The van der Waals surface area contributed by atoms with Crippen LogP contribution in [0.3, 0.4) is 0 Å². The Morgan fingerprint density at radius 2 is 0.447 bits per heavy atom. The normalized spacial score (nSPS) is 16.0. The zero-order valence-electron chi connectivity index (χ0n) is 62.5. The first-order valence-electron chi connectivity index (χ1n) is 39.9. The minimum atomic E-state index is -0.922. The summed E-state index contributed by atoms with van der Waals surface area (Å²) in [5, 5.41) is 45.8. The summed E-state index contributed by atoms with van der Waals surface area (Å²) in [6.07, 6.45) is 40.2. The molecule has 16 nitrogen and oxygen atoms in total. The van der Waals surface area contributed by atoms with Gasteiger partial charge < -0.3 is 39.4 Å². The molecule has 1 aliphatic rings. The first kappa shape index (κ1) is 89.6. The number of carbonyl (C=O) groups excluding carboxylic acids is 4. The fraction of sp³-hybridized carbons (Fsp3) is 0.949. The van der Waals surface area contributed by atoms with Gasteiger partial charge in [-0.2, -0.15) is 0 Å². The molecule has 0 radical (unpaired) electrons. The van der Waals surface area contributed by atoms with Gasteiger partial charge in [0.25, 0.3) is 0 Å². The van der Waals surface area contributed by atoms with E-state index in [1.165, 1.54) is 154 Å². The predicted molar refractivity (Wildman–Crippen MR) is 387 cm³/mol. The molecule has 0 aromatic rings. The van der Waals surface area contributed by atoms with E-state index in [4.69, 9.17) is 18.9 Å². The minimum Gasteiger partial charge on any atom is -0.463 e. The highest BCUT2D eigenvalue weighted by Crippen LogP contribution is 2.25. The van der Waals surface area contributed by atoms with E-state index in [0.717, 1.165) is 101 Å². The van der Waals surface area contributed by atoms with Crippen LogP contribution in [0.15, 0.2) is 0 Å². The molecule has 0 aromatic heterocycles. The van der Waals surface area contributed by atoms with Crippen LogP contribution in [0.25, 0.3) is 0 Å². The molecule has 0 aromatic carbocycles. The second kappa shape index (κ2) is 62.8. The molecule has 4 unspecified atom stereocenters. The number of hydrogen-bond acceptors (Lipinski definition) is 16. The molecule has 0 amide bonds. The van der Waals surface area contributed by atoms with Crippen LogP contribution in [0.2, 0.25) is 0 Å². The van der Waals surface area contributed by atoms with Crippen LogP contribution in [0.4, 0.5) is 0 Å². The van der Waals surface area contributed by atoms with Crippen LogP contribution in [-0.2, 0) is 38.1 Å². The Balaban J connectivity index is 3.20. The highest BCUT2D eigenvalue weighted by Gasteiger charge is 2.24. The van der Waals surface area contributed by atoms with Crippen LogP contribution in [0.1, 0.15) is 325 Å². The van der Waals surface area contributed by atoms with Gasteiger partial charge in [-0.15, -0.1) is 0 Å². The van der Waals surface area contributed by atoms with Gasteiger partial charge in [0, 0.05) is 78.0 Å². The maximum atomic E-state index is 12.9. The molecule has 16 heteroatoms. The average molecular weight is 1340 g/mol. The Labute approximate surface area is 577 Å². The Bertz CT molecular complexity index is 1480. The average Bonchev–Trinajstić information content (AvgIpc) is 3.72. The molecule has 1 saturated heterocycles. The molecule has 1 fully saturated rings. The highest BCUT2D eigenvalue weighted by molar-refractivity contribution is 5.70. The maximum absolute atomic E-state index is 12.9. The fourth-order valence-corrected chi connectivity index (χ4v) is 14.4. The summed E-state index contributed by atoms with van der Waals surface area (Å²) in [5.74, 6) is 2.02. The van der Waals surface area contributed by atoms with Crippen LogP contribution < -0.4 is 0 Å². The van der Waals surface area contributed by atoms with Crippen molar-refractivity contribution in [3.63, 3.8) is 0 Å². The summed E-state index contributed by atoms with van der Waals surface area (Å²) >= 11 is 0. The SMILES string of the molecule is CCCC(CCC)CCCCCCC(=O)OCC(O)CN1CCCN(CC(O)COC(=O)CCCCCCC(CCC)CCC)CCN(CC(O)COC(=O)CCCCCCC(CCC)CCC)CCCN(CC(O)COC(=O)CCCCCCC(CCC)CCC)CC1. The van der Waals surface area contributed by atoms with Gasteiger partial charge in [-0.25, -0.2) is 0 Å². The second-order valence-corrected chi connectivity index (χ2v) is 28.8. The molecule has 0 bridgehead atoms. The Hall–Kier alpha value is -2.44. The van der Waals surface area contributed by atoms with E-state index in [2.05, 4.69) is 75.0 Å². The fourth-order valence-electron chi connectivity index (χ4n) is 14.4. The molecule has 0 saturated carbocycles. The number of esters is 4. The maximum Gasteiger partial charge on any atom is 0.305 e. The zero-order chi connectivity index (χ0) is 69.1. The van der Waals surface area contributed by atoms with Gasteiger partial charge >= 0.3 is 23.9 Å². The van der Waals surface area contributed by atoms with Crippen LogP contribution in [-0.4, -0.2) is 193 Å². The largest absolute Gasteiger partial charge is 0.463 e. The third-order valence-electron chi connectivity index (χ3n) is 19.5. The van der Waals surface area contributed by atoms with E-state index in [-0.39, 0.29) is 76.5 Å². The summed E-state index contributed by atoms with van der Waals surface area (Å²) in [5.41, 5.74) is 0. The van der Waals surface area contributed by atoms with Crippen molar-refractivity contribution in [1.82, 2.24) is 19.6 Å². The molecule has 94 heavy (non-hydrogen) atoms. The van der Waals surface area contributed by atoms with E-state index in [0.29, 0.717) is 90.9 Å². The monoisotopic (exact) mass is 1340 g/mol. The molecule has 556 valence electrons. The number of β-amino-alcohol motifs (C(OH)–C–C–N with tert-alkyl or cyclic N) is 4. The van der Waals surface area contributed by atoms with Gasteiger partial charge in [0.2, 0.25) is 0 Å². The van der Waals surface area contributed by atoms with Gasteiger partial charge in [-0.05, 0) is 88.4 Å². The van der Waals surface area contributed by atoms with Crippen molar-refractivity contribution >= 4 is 23.9 Å². The summed E-state index contributed by atoms with van der Waals surface area (Å²) < 4.78 is 22.6. The van der Waals surface area contributed by atoms with Crippen molar-refractivity contribution < 1.29 is 58.6 Å². The van der Waals surface area contributed by atoms with E-state index in [1.54, 1.807) is 0 Å². The molecule has 0 aliphatic carbocycles. The lowest BCUT2D eigenvalue weighted by atomic mass is 9.92. The molecule has 1 aliphatic heterocycles. The number of aliphatic hydroxyl groups is 4. The first-order valence-corrected chi connectivity index (χ1v) is 39.9. The predicted octanol–water partition coefficient (Wildman–Crippen LogP) is 15.8. The van der Waals surface area contributed by atoms with Crippen molar-refractivity contribution in [2.75, 3.05) is 105 Å². The molecule has 1 rings (SSSR count). The number of ether oxygens (including phenoxy) is 4. The Morgan fingerprint density at radius 1 is 0.266 bits per heavy atom. The second-order valence-electron chi connectivity index (χ2n) is 28.8. The topological polar surface area (TPSA) is 199 Å². The molecule has 0 spiro atoms. The highest BCUT2D eigenvalue weighted by atomic mass is 16.6. The van der Waals surface area contributed by atoms with E-state index < -0.39 is 24.4 Å². The van der Waals surface area contributed by atoms with Crippen molar-refractivity contribution in [1.29, 1.82) is 0 Å². The standard InChI is InChI=1S/C78H152N4O12/c1-9-35-67(36-10-2)43-25-17-21-29-47-75(87)91-63-71(83)59-79-51-33-52-81(61-73(85)65-93-77(89)49-31-23-19-27-45-69(39-13-5)40-14-6)57-58-82(62-74(86)66-94-78(90)50-32-24-20-28-46-70(41-15-7)42-16-8)54-34-53-80(56-55-79)60-72(84)64-92-76(88)48-30-22-18-26-44-68(37-11-3)38-12-4/h67-74,83-86H,9-66H2,1-8H3. The lowest BCUT2D eigenvalue weighted by molar-refractivity contribution is -0.148. The van der Waals surface area contributed by atoms with Crippen LogP contribution in [0, 0.1) is 23.7 Å². The molecular formula is C78H152N4O12. The molecule has 4 N–H and O–H groups in total. The lowest BCUT2D eigenvalue weighted by Gasteiger charge is -2.34. The van der Waals surface area contributed by atoms with Crippen LogP contribution in [0.5, 0.6) is 0 Å². The first-order chi connectivity index (χ1) is 45.6. The van der Waals surface area contributed by atoms with E-state index in [1.807, 2.05) is 0 Å². The van der Waals surface area contributed by atoms with Crippen molar-refractivity contribution in [2.24, 2.45) is 23.7 Å². The van der Waals surface area contributed by atoms with Crippen molar-refractivity contribution in [2.45, 2.75) is 349 Å². The Morgan fingerprint density at radius 3 is 0.628 bits per heavy atom.